The molecule has 0 N–H and O–H groups in total. The second-order valence-corrected chi connectivity index (χ2v) is 5.87. The van der Waals surface area contributed by atoms with Crippen molar-refractivity contribution in [2.45, 2.75) is 25.8 Å². The zero-order valence-corrected chi connectivity index (χ0v) is 12.7. The predicted molar refractivity (Wildman–Crippen MR) is 84.2 cm³/mol. The zero-order valence-electron chi connectivity index (χ0n) is 11.9. The van der Waals surface area contributed by atoms with Crippen LogP contribution in [0.25, 0.3) is 0 Å². The van der Waals surface area contributed by atoms with Crippen molar-refractivity contribution in [3.05, 3.63) is 52.0 Å². The molecule has 0 bridgehead atoms. The number of aromatic nitrogens is 1. The van der Waals surface area contributed by atoms with E-state index in [2.05, 4.69) is 10.3 Å². The number of hydrogen-bond acceptors (Lipinski definition) is 3. The van der Waals surface area contributed by atoms with Crippen LogP contribution in [0, 0.1) is 19.3 Å². The Morgan fingerprint density at radius 3 is 2.81 bits per heavy atom. The summed E-state index contributed by atoms with van der Waals surface area (Å²) < 4.78 is 4.20. The SMILES string of the molecule is C#Cc1ccc(C2CCCN2C(=O)c2csnc2C)cc1. The molecule has 0 radical (unpaired) electrons. The monoisotopic (exact) mass is 296 g/mol. The van der Waals surface area contributed by atoms with E-state index in [1.54, 1.807) is 0 Å². The Hall–Kier alpha value is -2.12. The highest BCUT2D eigenvalue weighted by molar-refractivity contribution is 7.03. The van der Waals surface area contributed by atoms with Gasteiger partial charge in [-0.1, -0.05) is 18.1 Å². The first kappa shape index (κ1) is 13.8. The summed E-state index contributed by atoms with van der Waals surface area (Å²) >= 11 is 1.34. The second kappa shape index (κ2) is 5.71. The molecule has 3 nitrogen and oxygen atoms in total. The summed E-state index contributed by atoms with van der Waals surface area (Å²) in [7, 11) is 0. The molecule has 2 aromatic rings. The van der Waals surface area contributed by atoms with Crippen LogP contribution in [-0.2, 0) is 0 Å². The van der Waals surface area contributed by atoms with E-state index in [4.69, 9.17) is 6.42 Å². The van der Waals surface area contributed by atoms with E-state index in [9.17, 15) is 4.79 Å². The van der Waals surface area contributed by atoms with Gasteiger partial charge in [0.25, 0.3) is 5.91 Å². The molecule has 2 heterocycles. The Labute approximate surface area is 128 Å². The smallest absolute Gasteiger partial charge is 0.257 e. The van der Waals surface area contributed by atoms with Crippen LogP contribution in [0.4, 0.5) is 0 Å². The van der Waals surface area contributed by atoms with Crippen LogP contribution >= 0.6 is 11.5 Å². The number of amides is 1. The van der Waals surface area contributed by atoms with Crippen molar-refractivity contribution in [2.24, 2.45) is 0 Å². The molecule has 0 spiro atoms. The van der Waals surface area contributed by atoms with Gasteiger partial charge in [0.05, 0.1) is 17.3 Å². The van der Waals surface area contributed by atoms with Gasteiger partial charge in [-0.05, 0) is 49.0 Å². The maximum atomic E-state index is 12.7. The molecule has 1 aliphatic rings. The number of aryl methyl sites for hydroxylation is 1. The highest BCUT2D eigenvalue weighted by atomic mass is 32.1. The van der Waals surface area contributed by atoms with Crippen molar-refractivity contribution < 1.29 is 4.79 Å². The van der Waals surface area contributed by atoms with Gasteiger partial charge in [0.1, 0.15) is 0 Å². The number of nitrogens with zero attached hydrogens (tertiary/aromatic N) is 2. The van der Waals surface area contributed by atoms with E-state index < -0.39 is 0 Å². The molecule has 106 valence electrons. The number of benzene rings is 1. The van der Waals surface area contributed by atoms with Crippen LogP contribution in [0.1, 0.15) is 46.1 Å². The van der Waals surface area contributed by atoms with Gasteiger partial charge in [0.15, 0.2) is 0 Å². The fourth-order valence-electron chi connectivity index (χ4n) is 2.81. The van der Waals surface area contributed by atoms with Gasteiger partial charge in [-0.3, -0.25) is 4.79 Å². The van der Waals surface area contributed by atoms with E-state index >= 15 is 0 Å². The number of rotatable bonds is 2. The van der Waals surface area contributed by atoms with Crippen molar-refractivity contribution in [1.29, 1.82) is 0 Å². The summed E-state index contributed by atoms with van der Waals surface area (Å²) in [6.07, 6.45) is 7.42. The second-order valence-electron chi connectivity index (χ2n) is 5.24. The highest BCUT2D eigenvalue weighted by Crippen LogP contribution is 2.33. The fraction of sp³-hybridized carbons (Fsp3) is 0.294. The molecular weight excluding hydrogens is 280 g/mol. The van der Waals surface area contributed by atoms with Crippen LogP contribution in [-0.4, -0.2) is 21.7 Å². The van der Waals surface area contributed by atoms with Crippen LogP contribution in [0.5, 0.6) is 0 Å². The molecule has 1 unspecified atom stereocenters. The Morgan fingerprint density at radius 1 is 1.43 bits per heavy atom. The van der Waals surface area contributed by atoms with E-state index in [-0.39, 0.29) is 11.9 Å². The minimum atomic E-state index is 0.0878. The van der Waals surface area contributed by atoms with E-state index in [1.807, 2.05) is 41.5 Å². The van der Waals surface area contributed by atoms with Crippen LogP contribution in [0.3, 0.4) is 0 Å². The molecule has 1 saturated heterocycles. The Balaban J connectivity index is 1.87. The van der Waals surface area contributed by atoms with Crippen LogP contribution in [0.15, 0.2) is 29.6 Å². The first-order valence-electron chi connectivity index (χ1n) is 6.99. The predicted octanol–water partition coefficient (Wildman–Crippen LogP) is 3.41. The Morgan fingerprint density at radius 2 is 2.19 bits per heavy atom. The first-order valence-corrected chi connectivity index (χ1v) is 7.83. The summed E-state index contributed by atoms with van der Waals surface area (Å²) in [4.78, 5) is 14.7. The highest BCUT2D eigenvalue weighted by Gasteiger charge is 2.31. The third-order valence-corrected chi connectivity index (χ3v) is 4.68. The Bertz CT molecular complexity index is 696. The average molecular weight is 296 g/mol. The number of terminal acetylenes is 1. The molecular formula is C17H16N2OS. The lowest BCUT2D eigenvalue weighted by molar-refractivity contribution is 0.0735. The molecule has 0 saturated carbocycles. The molecule has 0 aliphatic carbocycles. The number of carbonyl (C=O) groups is 1. The average Bonchev–Trinajstić information content (AvgIpc) is 3.15. The van der Waals surface area contributed by atoms with Gasteiger partial charge in [0, 0.05) is 17.5 Å². The largest absolute Gasteiger partial charge is 0.332 e. The summed E-state index contributed by atoms with van der Waals surface area (Å²) in [6.45, 7) is 2.69. The Kier molecular flexibility index (Phi) is 3.76. The minimum absolute atomic E-state index is 0.0878. The molecule has 21 heavy (non-hydrogen) atoms. The first-order chi connectivity index (χ1) is 10.2. The van der Waals surface area contributed by atoms with Crippen molar-refractivity contribution >= 4 is 17.4 Å². The van der Waals surface area contributed by atoms with Gasteiger partial charge in [-0.15, -0.1) is 6.42 Å². The molecule has 1 aliphatic heterocycles. The van der Waals surface area contributed by atoms with E-state index in [0.29, 0.717) is 0 Å². The fourth-order valence-corrected chi connectivity index (χ4v) is 3.50. The van der Waals surface area contributed by atoms with Gasteiger partial charge in [-0.2, -0.15) is 4.37 Å². The molecule has 1 aromatic heterocycles. The third kappa shape index (κ3) is 2.57. The van der Waals surface area contributed by atoms with Gasteiger partial charge >= 0.3 is 0 Å². The molecule has 1 fully saturated rings. The normalized spacial score (nSPS) is 17.7. The van der Waals surface area contributed by atoms with E-state index in [1.165, 1.54) is 11.5 Å². The van der Waals surface area contributed by atoms with Crippen molar-refractivity contribution in [3.8, 4) is 12.3 Å². The standard InChI is InChI=1S/C17H16N2OS/c1-3-13-6-8-14(9-7-13)16-5-4-10-19(16)17(20)15-11-21-18-12(15)2/h1,6-9,11,16H,4-5,10H2,2H3. The minimum Gasteiger partial charge on any atom is -0.332 e. The summed E-state index contributed by atoms with van der Waals surface area (Å²) in [5, 5.41) is 1.84. The number of likely N-dealkylation sites (tertiary alicyclic amines) is 1. The third-order valence-electron chi connectivity index (χ3n) is 3.96. The van der Waals surface area contributed by atoms with Crippen LogP contribution < -0.4 is 0 Å². The zero-order chi connectivity index (χ0) is 14.8. The summed E-state index contributed by atoms with van der Waals surface area (Å²) in [5.41, 5.74) is 3.57. The topological polar surface area (TPSA) is 33.2 Å². The number of hydrogen-bond donors (Lipinski definition) is 0. The number of carbonyl (C=O) groups excluding carboxylic acids is 1. The molecule has 1 aromatic carbocycles. The van der Waals surface area contributed by atoms with Gasteiger partial charge in [-0.25, -0.2) is 0 Å². The lowest BCUT2D eigenvalue weighted by atomic mass is 10.0. The van der Waals surface area contributed by atoms with Crippen LogP contribution in [0.2, 0.25) is 0 Å². The van der Waals surface area contributed by atoms with Crippen molar-refractivity contribution in [1.82, 2.24) is 9.27 Å². The lowest BCUT2D eigenvalue weighted by Crippen LogP contribution is -2.30. The van der Waals surface area contributed by atoms with Crippen molar-refractivity contribution in [2.75, 3.05) is 6.54 Å². The molecule has 3 rings (SSSR count). The van der Waals surface area contributed by atoms with Crippen molar-refractivity contribution in [3.63, 3.8) is 0 Å². The maximum Gasteiger partial charge on any atom is 0.257 e. The van der Waals surface area contributed by atoms with Gasteiger partial charge in [0.2, 0.25) is 0 Å². The van der Waals surface area contributed by atoms with Gasteiger partial charge < -0.3 is 4.90 Å². The molecule has 1 atom stereocenters. The molecule has 1 amide bonds. The molecule has 4 heteroatoms. The summed E-state index contributed by atoms with van der Waals surface area (Å²) in [5.74, 6) is 2.71. The maximum absolute atomic E-state index is 12.7. The quantitative estimate of drug-likeness (QED) is 0.796. The summed E-state index contributed by atoms with van der Waals surface area (Å²) in [6, 6.07) is 8.08. The lowest BCUT2D eigenvalue weighted by Gasteiger charge is -2.25. The van der Waals surface area contributed by atoms with E-state index in [0.717, 1.165) is 41.8 Å².